The van der Waals surface area contributed by atoms with Crippen molar-refractivity contribution in [3.05, 3.63) is 75.3 Å². The van der Waals surface area contributed by atoms with E-state index in [4.69, 9.17) is 13.9 Å². The number of aryl methyl sites for hydroxylation is 1. The minimum Gasteiger partial charge on any atom is -0.494 e. The maximum absolute atomic E-state index is 12.9. The molecule has 0 N–H and O–H groups in total. The Morgan fingerprint density at radius 1 is 1.07 bits per heavy atom. The van der Waals surface area contributed by atoms with Gasteiger partial charge in [0.15, 0.2) is 11.3 Å². The first-order valence-electron chi connectivity index (χ1n) is 8.81. The third-order valence-corrected chi connectivity index (χ3v) is 4.40. The van der Waals surface area contributed by atoms with Crippen LogP contribution >= 0.6 is 0 Å². The smallest absolute Gasteiger partial charge is 0.336 e. The van der Waals surface area contributed by atoms with Crippen LogP contribution in [0.2, 0.25) is 0 Å². The van der Waals surface area contributed by atoms with E-state index in [-0.39, 0.29) is 17.1 Å². The van der Waals surface area contributed by atoms with Gasteiger partial charge in [-0.25, -0.2) is 4.79 Å². The summed E-state index contributed by atoms with van der Waals surface area (Å²) in [5.74, 6) is 1.08. The van der Waals surface area contributed by atoms with Gasteiger partial charge in [0, 0.05) is 11.5 Å². The van der Waals surface area contributed by atoms with Crippen LogP contribution in [0, 0.1) is 6.92 Å². The van der Waals surface area contributed by atoms with Crippen LogP contribution in [0.5, 0.6) is 11.5 Å². The summed E-state index contributed by atoms with van der Waals surface area (Å²) in [5, 5.41) is 0.726. The zero-order chi connectivity index (χ0) is 19.0. The second-order valence-electron chi connectivity index (χ2n) is 6.42. The molecule has 0 saturated heterocycles. The molecule has 0 aliphatic carbocycles. The van der Waals surface area contributed by atoms with Crippen LogP contribution in [-0.2, 0) is 0 Å². The van der Waals surface area contributed by atoms with E-state index in [1.807, 2.05) is 38.1 Å². The quantitative estimate of drug-likeness (QED) is 0.505. The molecule has 0 spiro atoms. The van der Waals surface area contributed by atoms with Crippen molar-refractivity contribution in [2.75, 3.05) is 6.61 Å². The molecule has 5 nitrogen and oxygen atoms in total. The van der Waals surface area contributed by atoms with Gasteiger partial charge in [-0.1, -0.05) is 19.1 Å². The number of Topliss-reactive ketones (excluding diaryl/α,β-unsaturated/α-hetero) is 1. The fraction of sp³-hybridized carbons (Fsp3) is 0.182. The average Bonchev–Trinajstić information content (AvgIpc) is 2.97. The van der Waals surface area contributed by atoms with Gasteiger partial charge in [0.25, 0.3) is 0 Å². The third kappa shape index (κ3) is 3.12. The van der Waals surface area contributed by atoms with Crippen LogP contribution in [0.15, 0.2) is 57.4 Å². The molecule has 27 heavy (non-hydrogen) atoms. The number of allylic oxidation sites excluding steroid dienone is 1. The standard InChI is InChI=1S/C22H18O5/c1-3-10-25-15-6-4-14(5-7-15)12-18-21(24)20-17(26-18)9-8-16-13(2)11-19(23)27-22(16)20/h4-9,11-12H,3,10H2,1-2H3/b18-12-. The van der Waals surface area contributed by atoms with Gasteiger partial charge in [-0.05, 0) is 54.8 Å². The molecule has 0 bridgehead atoms. The maximum Gasteiger partial charge on any atom is 0.336 e. The van der Waals surface area contributed by atoms with Gasteiger partial charge >= 0.3 is 5.63 Å². The van der Waals surface area contributed by atoms with Crippen LogP contribution in [-0.4, -0.2) is 12.4 Å². The zero-order valence-corrected chi connectivity index (χ0v) is 15.1. The Morgan fingerprint density at radius 2 is 1.85 bits per heavy atom. The van der Waals surface area contributed by atoms with Crippen molar-refractivity contribution in [1.29, 1.82) is 0 Å². The second-order valence-corrected chi connectivity index (χ2v) is 6.42. The number of benzene rings is 2. The van der Waals surface area contributed by atoms with Crippen molar-refractivity contribution in [3.8, 4) is 11.5 Å². The summed E-state index contributed by atoms with van der Waals surface area (Å²) >= 11 is 0. The van der Waals surface area contributed by atoms with E-state index in [1.165, 1.54) is 6.07 Å². The number of hydrogen-bond donors (Lipinski definition) is 0. The predicted molar refractivity (Wildman–Crippen MR) is 102 cm³/mol. The molecule has 1 aromatic heterocycles. The van der Waals surface area contributed by atoms with Crippen molar-refractivity contribution >= 4 is 22.8 Å². The summed E-state index contributed by atoms with van der Waals surface area (Å²) in [5.41, 5.74) is 1.66. The Morgan fingerprint density at radius 3 is 2.59 bits per heavy atom. The molecule has 0 radical (unpaired) electrons. The summed E-state index contributed by atoms with van der Waals surface area (Å²) in [6, 6.07) is 12.4. The van der Waals surface area contributed by atoms with Gasteiger partial charge in [-0.2, -0.15) is 0 Å². The van der Waals surface area contributed by atoms with E-state index in [0.29, 0.717) is 17.9 Å². The number of carbonyl (C=O) groups excluding carboxylic acids is 1. The van der Waals surface area contributed by atoms with E-state index in [0.717, 1.165) is 28.7 Å². The molecule has 1 aliphatic rings. The Labute approximate surface area is 155 Å². The first-order valence-corrected chi connectivity index (χ1v) is 8.81. The molecule has 0 amide bonds. The molecular weight excluding hydrogens is 344 g/mol. The fourth-order valence-corrected chi connectivity index (χ4v) is 3.08. The highest BCUT2D eigenvalue weighted by Gasteiger charge is 2.31. The minimum atomic E-state index is -0.485. The third-order valence-electron chi connectivity index (χ3n) is 4.40. The number of hydrogen-bond acceptors (Lipinski definition) is 5. The molecule has 1 aliphatic heterocycles. The van der Waals surface area contributed by atoms with E-state index < -0.39 is 5.63 Å². The lowest BCUT2D eigenvalue weighted by Gasteiger charge is -2.04. The number of ketones is 1. The normalized spacial score (nSPS) is 14.4. The second kappa shape index (κ2) is 6.76. The van der Waals surface area contributed by atoms with Crippen LogP contribution in [0.25, 0.3) is 17.0 Å². The Balaban J connectivity index is 1.70. The Bertz CT molecular complexity index is 1120. The SMILES string of the molecule is CCCOc1ccc(/C=C2\Oc3ccc4c(C)cc(=O)oc4c3C2=O)cc1. The average molecular weight is 362 g/mol. The topological polar surface area (TPSA) is 65.7 Å². The lowest BCUT2D eigenvalue weighted by Crippen LogP contribution is -2.02. The Hall–Kier alpha value is -3.34. The first-order chi connectivity index (χ1) is 13.1. The highest BCUT2D eigenvalue weighted by molar-refractivity contribution is 6.20. The van der Waals surface area contributed by atoms with Gasteiger partial charge in [0.2, 0.25) is 5.78 Å². The number of carbonyl (C=O) groups is 1. The van der Waals surface area contributed by atoms with Gasteiger partial charge in [0.05, 0.1) is 6.61 Å². The van der Waals surface area contributed by atoms with Crippen molar-refractivity contribution in [2.45, 2.75) is 20.3 Å². The van der Waals surface area contributed by atoms with Crippen LogP contribution in [0.3, 0.4) is 0 Å². The van der Waals surface area contributed by atoms with Crippen LogP contribution in [0.4, 0.5) is 0 Å². The zero-order valence-electron chi connectivity index (χ0n) is 15.1. The van der Waals surface area contributed by atoms with Gasteiger partial charge in [0.1, 0.15) is 17.1 Å². The van der Waals surface area contributed by atoms with Crippen molar-refractivity contribution in [2.24, 2.45) is 0 Å². The maximum atomic E-state index is 12.9. The highest BCUT2D eigenvalue weighted by Crippen LogP contribution is 2.37. The molecule has 5 heteroatoms. The van der Waals surface area contributed by atoms with E-state index in [1.54, 1.807) is 18.2 Å². The number of ether oxygens (including phenoxy) is 2. The molecule has 2 heterocycles. The van der Waals surface area contributed by atoms with Gasteiger partial charge < -0.3 is 13.9 Å². The lowest BCUT2D eigenvalue weighted by atomic mass is 10.0. The molecule has 0 fully saturated rings. The molecule has 2 aromatic carbocycles. The van der Waals surface area contributed by atoms with Gasteiger partial charge in [-0.3, -0.25) is 4.79 Å². The predicted octanol–water partition coefficient (Wildman–Crippen LogP) is 4.51. The molecule has 0 saturated carbocycles. The first kappa shape index (κ1) is 17.1. The summed E-state index contributed by atoms with van der Waals surface area (Å²) < 4.78 is 16.6. The summed E-state index contributed by atoms with van der Waals surface area (Å²) in [6.07, 6.45) is 2.61. The van der Waals surface area contributed by atoms with E-state index in [9.17, 15) is 9.59 Å². The molecule has 4 rings (SSSR count). The number of fused-ring (bicyclic) bond motifs is 3. The van der Waals surface area contributed by atoms with Crippen molar-refractivity contribution < 1.29 is 18.7 Å². The monoisotopic (exact) mass is 362 g/mol. The lowest BCUT2D eigenvalue weighted by molar-refractivity contribution is 0.101. The molecule has 0 atom stereocenters. The Kier molecular flexibility index (Phi) is 4.28. The molecule has 136 valence electrons. The van der Waals surface area contributed by atoms with Gasteiger partial charge in [-0.15, -0.1) is 0 Å². The number of rotatable bonds is 4. The van der Waals surface area contributed by atoms with Crippen LogP contribution in [0.1, 0.15) is 34.8 Å². The summed E-state index contributed by atoms with van der Waals surface area (Å²) in [7, 11) is 0. The fourth-order valence-electron chi connectivity index (χ4n) is 3.08. The van der Waals surface area contributed by atoms with Crippen molar-refractivity contribution in [1.82, 2.24) is 0 Å². The summed E-state index contributed by atoms with van der Waals surface area (Å²) in [6.45, 7) is 4.52. The minimum absolute atomic E-state index is 0.198. The molecular formula is C22H18O5. The molecule has 3 aromatic rings. The highest BCUT2D eigenvalue weighted by atomic mass is 16.5. The summed E-state index contributed by atoms with van der Waals surface area (Å²) in [4.78, 5) is 24.6. The van der Waals surface area contributed by atoms with E-state index in [2.05, 4.69) is 0 Å². The van der Waals surface area contributed by atoms with Crippen LogP contribution < -0.4 is 15.1 Å². The molecule has 0 unspecified atom stereocenters. The van der Waals surface area contributed by atoms with E-state index >= 15 is 0 Å². The van der Waals surface area contributed by atoms with Crippen molar-refractivity contribution in [3.63, 3.8) is 0 Å². The largest absolute Gasteiger partial charge is 0.494 e.